The van der Waals surface area contributed by atoms with Crippen LogP contribution in [0.4, 0.5) is 5.82 Å². The van der Waals surface area contributed by atoms with Crippen LogP contribution in [0.3, 0.4) is 0 Å². The number of aromatic nitrogens is 1. The largest absolute Gasteiger partial charge is 0.355 e. The lowest BCUT2D eigenvalue weighted by Gasteiger charge is -2.32. The van der Waals surface area contributed by atoms with E-state index in [1.165, 1.54) is 12.3 Å². The molecule has 1 aliphatic heterocycles. The normalized spacial score (nSPS) is 20.7. The fraction of sp³-hybridized carbons (Fsp3) is 0.545. The lowest BCUT2D eigenvalue weighted by atomic mass is 10.1. The van der Waals surface area contributed by atoms with Crippen molar-refractivity contribution in [3.05, 3.63) is 18.3 Å². The predicted octanol–water partition coefficient (Wildman–Crippen LogP) is -0.0828. The van der Waals surface area contributed by atoms with E-state index in [1.807, 2.05) is 7.05 Å². The van der Waals surface area contributed by atoms with E-state index in [4.69, 9.17) is 5.14 Å². The van der Waals surface area contributed by atoms with Crippen LogP contribution >= 0.6 is 0 Å². The molecular weight excluding hydrogens is 252 g/mol. The number of pyridine rings is 1. The van der Waals surface area contributed by atoms with Crippen LogP contribution in [0.25, 0.3) is 0 Å². The first-order chi connectivity index (χ1) is 8.48. The van der Waals surface area contributed by atoms with Crippen LogP contribution in [0.1, 0.15) is 12.8 Å². The molecule has 0 amide bonds. The predicted molar refractivity (Wildman–Crippen MR) is 69.9 cm³/mol. The summed E-state index contributed by atoms with van der Waals surface area (Å²) in [5, 5.41) is 8.37. The van der Waals surface area contributed by atoms with Gasteiger partial charge in [0.15, 0.2) is 0 Å². The van der Waals surface area contributed by atoms with Crippen LogP contribution in [0, 0.1) is 0 Å². The first-order valence-corrected chi connectivity index (χ1v) is 7.45. The van der Waals surface area contributed by atoms with E-state index in [9.17, 15) is 8.42 Å². The molecule has 2 rings (SSSR count). The Morgan fingerprint density at radius 1 is 1.50 bits per heavy atom. The summed E-state index contributed by atoms with van der Waals surface area (Å²) < 4.78 is 22.3. The smallest absolute Gasteiger partial charge is 0.239 e. The number of nitrogens with two attached hydrogens (primary N) is 1. The number of nitrogens with zero attached hydrogens (tertiary/aromatic N) is 2. The molecule has 1 unspecified atom stereocenters. The Labute approximate surface area is 107 Å². The summed E-state index contributed by atoms with van der Waals surface area (Å²) >= 11 is 0. The molecule has 1 aromatic rings. The van der Waals surface area contributed by atoms with Gasteiger partial charge >= 0.3 is 0 Å². The maximum Gasteiger partial charge on any atom is 0.239 e. The van der Waals surface area contributed by atoms with E-state index in [1.54, 1.807) is 6.07 Å². The van der Waals surface area contributed by atoms with Gasteiger partial charge in [-0.05, 0) is 31.5 Å². The zero-order chi connectivity index (χ0) is 13.2. The zero-order valence-corrected chi connectivity index (χ0v) is 11.2. The summed E-state index contributed by atoms with van der Waals surface area (Å²) in [7, 11) is -1.69. The van der Waals surface area contributed by atoms with Gasteiger partial charge in [-0.3, -0.25) is 0 Å². The Bertz CT molecular complexity index is 494. The van der Waals surface area contributed by atoms with Gasteiger partial charge < -0.3 is 10.2 Å². The molecule has 0 aromatic carbocycles. The monoisotopic (exact) mass is 270 g/mol. The highest BCUT2D eigenvalue weighted by molar-refractivity contribution is 7.89. The molecule has 6 nitrogen and oxygen atoms in total. The Morgan fingerprint density at radius 2 is 2.28 bits per heavy atom. The van der Waals surface area contributed by atoms with Crippen molar-refractivity contribution >= 4 is 15.8 Å². The molecule has 1 atom stereocenters. The van der Waals surface area contributed by atoms with E-state index in [0.717, 1.165) is 31.7 Å². The summed E-state index contributed by atoms with van der Waals surface area (Å²) in [4.78, 5) is 6.27. The van der Waals surface area contributed by atoms with Crippen LogP contribution in [-0.4, -0.2) is 39.6 Å². The van der Waals surface area contributed by atoms with Gasteiger partial charge in [-0.1, -0.05) is 0 Å². The second-order valence-corrected chi connectivity index (χ2v) is 6.07. The molecule has 7 heteroatoms. The summed E-state index contributed by atoms with van der Waals surface area (Å²) in [6.45, 7) is 1.98. The summed E-state index contributed by atoms with van der Waals surface area (Å²) in [6.07, 6.45) is 3.56. The molecule has 1 aliphatic rings. The van der Waals surface area contributed by atoms with Gasteiger partial charge in [-0.2, -0.15) is 0 Å². The first kappa shape index (κ1) is 13.3. The fourth-order valence-electron chi connectivity index (χ4n) is 2.10. The van der Waals surface area contributed by atoms with Crippen LogP contribution in [0.5, 0.6) is 0 Å². The number of sulfonamides is 1. The second kappa shape index (κ2) is 5.21. The number of hydrogen-bond donors (Lipinski definition) is 2. The quantitative estimate of drug-likeness (QED) is 0.802. The van der Waals surface area contributed by atoms with E-state index in [0.29, 0.717) is 6.04 Å². The summed E-state index contributed by atoms with van der Waals surface area (Å²) in [5.74, 6) is 0.760. The van der Waals surface area contributed by atoms with Crippen LogP contribution in [-0.2, 0) is 10.0 Å². The van der Waals surface area contributed by atoms with Crippen molar-refractivity contribution in [1.29, 1.82) is 0 Å². The van der Waals surface area contributed by atoms with Gasteiger partial charge in [-0.15, -0.1) is 0 Å². The van der Waals surface area contributed by atoms with Gasteiger partial charge in [-0.25, -0.2) is 18.5 Å². The maximum absolute atomic E-state index is 11.1. The van der Waals surface area contributed by atoms with Crippen molar-refractivity contribution in [3.8, 4) is 0 Å². The SMILES string of the molecule is CN(c1ccc(S(N)(=O)=O)cn1)C1CCCNC1. The molecule has 0 saturated carbocycles. The topological polar surface area (TPSA) is 88.3 Å². The molecule has 0 spiro atoms. The molecular formula is C11H18N4O2S. The van der Waals surface area contributed by atoms with E-state index < -0.39 is 10.0 Å². The number of nitrogens with one attached hydrogen (secondary N) is 1. The number of primary sulfonamides is 1. The molecule has 0 aliphatic carbocycles. The Kier molecular flexibility index (Phi) is 3.84. The molecule has 0 radical (unpaired) electrons. The number of piperidine rings is 1. The van der Waals surface area contributed by atoms with Crippen molar-refractivity contribution in [2.45, 2.75) is 23.8 Å². The maximum atomic E-state index is 11.1. The number of rotatable bonds is 3. The van der Waals surface area contributed by atoms with Crippen LogP contribution < -0.4 is 15.4 Å². The van der Waals surface area contributed by atoms with Crippen molar-refractivity contribution in [2.24, 2.45) is 5.14 Å². The first-order valence-electron chi connectivity index (χ1n) is 5.91. The van der Waals surface area contributed by atoms with E-state index >= 15 is 0 Å². The fourth-order valence-corrected chi connectivity index (χ4v) is 2.56. The Balaban J connectivity index is 2.13. The minimum Gasteiger partial charge on any atom is -0.355 e. The molecule has 18 heavy (non-hydrogen) atoms. The minimum absolute atomic E-state index is 0.0430. The Morgan fingerprint density at radius 3 is 2.78 bits per heavy atom. The molecule has 1 aromatic heterocycles. The van der Waals surface area contributed by atoms with Crippen LogP contribution in [0.2, 0.25) is 0 Å². The van der Waals surface area contributed by atoms with Crippen molar-refractivity contribution < 1.29 is 8.42 Å². The van der Waals surface area contributed by atoms with E-state index in [-0.39, 0.29) is 4.90 Å². The van der Waals surface area contributed by atoms with Crippen molar-refractivity contribution in [3.63, 3.8) is 0 Å². The molecule has 0 bridgehead atoms. The molecule has 3 N–H and O–H groups in total. The van der Waals surface area contributed by atoms with Gasteiger partial charge in [0.25, 0.3) is 0 Å². The van der Waals surface area contributed by atoms with Gasteiger partial charge in [0.1, 0.15) is 10.7 Å². The second-order valence-electron chi connectivity index (χ2n) is 4.51. The average molecular weight is 270 g/mol. The third kappa shape index (κ3) is 2.98. The molecule has 100 valence electrons. The Hall–Kier alpha value is -1.18. The van der Waals surface area contributed by atoms with Gasteiger partial charge in [0, 0.05) is 25.8 Å². The lowest BCUT2D eigenvalue weighted by Crippen LogP contribution is -2.44. The average Bonchev–Trinajstić information content (AvgIpc) is 2.38. The molecule has 2 heterocycles. The molecule has 1 saturated heterocycles. The third-order valence-corrected chi connectivity index (χ3v) is 4.13. The zero-order valence-electron chi connectivity index (χ0n) is 10.3. The van der Waals surface area contributed by atoms with E-state index in [2.05, 4.69) is 15.2 Å². The standard InChI is InChI=1S/C11H18N4O2S/c1-15(9-3-2-6-13-7-9)11-5-4-10(8-14-11)18(12,16)17/h4-5,8-9,13H,2-3,6-7H2,1H3,(H2,12,16,17). The lowest BCUT2D eigenvalue weighted by molar-refractivity contribution is 0.443. The summed E-state index contributed by atoms with van der Waals surface area (Å²) in [5.41, 5.74) is 0. The van der Waals surface area contributed by atoms with Gasteiger partial charge in [0.2, 0.25) is 10.0 Å². The van der Waals surface area contributed by atoms with Crippen molar-refractivity contribution in [1.82, 2.24) is 10.3 Å². The summed E-state index contributed by atoms with van der Waals surface area (Å²) in [6, 6.07) is 3.57. The highest BCUT2D eigenvalue weighted by Gasteiger charge is 2.19. The highest BCUT2D eigenvalue weighted by atomic mass is 32.2. The van der Waals surface area contributed by atoms with Crippen LogP contribution in [0.15, 0.2) is 23.2 Å². The van der Waals surface area contributed by atoms with Crippen molar-refractivity contribution in [2.75, 3.05) is 25.0 Å². The molecule has 1 fully saturated rings. The number of likely N-dealkylation sites (N-methyl/N-ethyl adjacent to an activating group) is 1. The van der Waals surface area contributed by atoms with Gasteiger partial charge in [0.05, 0.1) is 0 Å². The number of anilines is 1. The third-order valence-electron chi connectivity index (χ3n) is 3.23. The highest BCUT2D eigenvalue weighted by Crippen LogP contribution is 2.17. The number of hydrogen-bond acceptors (Lipinski definition) is 5. The minimum atomic E-state index is -3.66.